The van der Waals surface area contributed by atoms with Crippen LogP contribution < -0.4 is 5.32 Å². The fourth-order valence-corrected chi connectivity index (χ4v) is 3.87. The quantitative estimate of drug-likeness (QED) is 0.489. The summed E-state index contributed by atoms with van der Waals surface area (Å²) < 4.78 is 0. The van der Waals surface area contributed by atoms with Crippen LogP contribution in [-0.2, 0) is 16.1 Å². The number of halogens is 2. The molecule has 0 saturated heterocycles. The lowest BCUT2D eigenvalue weighted by atomic mass is 10.1. The van der Waals surface area contributed by atoms with Crippen molar-refractivity contribution in [3.05, 3.63) is 64.1 Å². The molecule has 0 heterocycles. The first kappa shape index (κ1) is 23.6. The van der Waals surface area contributed by atoms with Crippen LogP contribution in [0, 0.1) is 0 Å². The summed E-state index contributed by atoms with van der Waals surface area (Å²) in [5.41, 5.74) is 0.931. The Morgan fingerprint density at radius 2 is 1.59 bits per heavy atom. The Balaban J connectivity index is 2.16. The van der Waals surface area contributed by atoms with Crippen molar-refractivity contribution in [2.24, 2.45) is 0 Å². The van der Waals surface area contributed by atoms with Crippen LogP contribution in [0.4, 0.5) is 0 Å². The molecule has 0 radical (unpaired) electrons. The second kappa shape index (κ2) is 12.1. The van der Waals surface area contributed by atoms with E-state index in [9.17, 15) is 9.59 Å². The highest BCUT2D eigenvalue weighted by atomic mass is 35.5. The first-order chi connectivity index (χ1) is 13.9. The summed E-state index contributed by atoms with van der Waals surface area (Å²) in [5, 5.41) is 4.21. The highest BCUT2D eigenvalue weighted by Crippen LogP contribution is 2.22. The molecule has 0 fully saturated rings. The molecular formula is C22H26Cl2N2O2S. The Morgan fingerprint density at radius 3 is 2.14 bits per heavy atom. The highest BCUT2D eigenvalue weighted by molar-refractivity contribution is 8.00. The number of carbonyl (C=O) groups is 2. The lowest BCUT2D eigenvalue weighted by Gasteiger charge is -2.30. The molecule has 0 aliphatic rings. The second-order valence-corrected chi connectivity index (χ2v) is 8.53. The van der Waals surface area contributed by atoms with E-state index in [1.54, 1.807) is 29.2 Å². The standard InChI is InChI=1S/C22H26Cl2N2O2S/c1-3-13-25-22(28)20(4-2)26(14-16-5-7-17(23)8-6-16)21(27)15-29-19-11-9-18(24)10-12-19/h5-12,20H,3-4,13-15H2,1-2H3,(H,25,28). The van der Waals surface area contributed by atoms with Crippen LogP contribution >= 0.6 is 35.0 Å². The number of rotatable bonds is 10. The summed E-state index contributed by atoms with van der Waals surface area (Å²) in [6.45, 7) is 4.87. The average Bonchev–Trinajstić information content (AvgIpc) is 2.72. The minimum Gasteiger partial charge on any atom is -0.354 e. The minimum absolute atomic E-state index is 0.0848. The molecule has 1 unspecified atom stereocenters. The molecule has 7 heteroatoms. The molecule has 0 aliphatic carbocycles. The molecule has 0 saturated carbocycles. The van der Waals surface area contributed by atoms with Crippen LogP contribution in [0.2, 0.25) is 10.0 Å². The van der Waals surface area contributed by atoms with Crippen molar-refractivity contribution in [2.45, 2.75) is 44.2 Å². The van der Waals surface area contributed by atoms with Gasteiger partial charge in [-0.1, -0.05) is 49.2 Å². The van der Waals surface area contributed by atoms with Gasteiger partial charge in [-0.15, -0.1) is 11.8 Å². The lowest BCUT2D eigenvalue weighted by molar-refractivity contribution is -0.139. The molecule has 2 amide bonds. The molecule has 1 N–H and O–H groups in total. The van der Waals surface area contributed by atoms with Gasteiger partial charge < -0.3 is 10.2 Å². The Kier molecular flexibility index (Phi) is 9.85. The van der Waals surface area contributed by atoms with Gasteiger partial charge in [0.25, 0.3) is 0 Å². The lowest BCUT2D eigenvalue weighted by Crippen LogP contribution is -2.49. The van der Waals surface area contributed by atoms with Crippen molar-refractivity contribution in [2.75, 3.05) is 12.3 Å². The maximum absolute atomic E-state index is 13.1. The van der Waals surface area contributed by atoms with Gasteiger partial charge in [0.05, 0.1) is 5.75 Å². The van der Waals surface area contributed by atoms with Crippen molar-refractivity contribution in [3.8, 4) is 0 Å². The smallest absolute Gasteiger partial charge is 0.242 e. The molecule has 4 nitrogen and oxygen atoms in total. The van der Waals surface area contributed by atoms with E-state index in [2.05, 4.69) is 5.32 Å². The molecule has 0 bridgehead atoms. The highest BCUT2D eigenvalue weighted by Gasteiger charge is 2.28. The van der Waals surface area contributed by atoms with Crippen molar-refractivity contribution < 1.29 is 9.59 Å². The van der Waals surface area contributed by atoms with E-state index in [-0.39, 0.29) is 17.6 Å². The van der Waals surface area contributed by atoms with Gasteiger partial charge in [0.15, 0.2) is 0 Å². The van der Waals surface area contributed by atoms with E-state index < -0.39 is 6.04 Å². The summed E-state index contributed by atoms with van der Waals surface area (Å²) in [6.07, 6.45) is 1.39. The van der Waals surface area contributed by atoms with Gasteiger partial charge in [-0.3, -0.25) is 9.59 Å². The van der Waals surface area contributed by atoms with Gasteiger partial charge in [-0.05, 0) is 54.8 Å². The summed E-state index contributed by atoms with van der Waals surface area (Å²) in [6, 6.07) is 14.2. The van der Waals surface area contributed by atoms with Crippen LogP contribution in [0.3, 0.4) is 0 Å². The van der Waals surface area contributed by atoms with E-state index >= 15 is 0 Å². The Bertz CT molecular complexity index is 797. The van der Waals surface area contributed by atoms with Crippen LogP contribution in [0.15, 0.2) is 53.4 Å². The summed E-state index contributed by atoms with van der Waals surface area (Å²) >= 11 is 13.3. The zero-order valence-electron chi connectivity index (χ0n) is 16.7. The third-order valence-corrected chi connectivity index (χ3v) is 5.88. The number of thioether (sulfide) groups is 1. The van der Waals surface area contributed by atoms with Crippen LogP contribution in [0.5, 0.6) is 0 Å². The molecular weight excluding hydrogens is 427 g/mol. The molecule has 0 aliphatic heterocycles. The first-order valence-electron chi connectivity index (χ1n) is 9.64. The van der Waals surface area contributed by atoms with Gasteiger partial charge in [-0.2, -0.15) is 0 Å². The third-order valence-electron chi connectivity index (χ3n) is 4.38. The predicted octanol–water partition coefficient (Wildman–Crippen LogP) is 5.42. The molecule has 29 heavy (non-hydrogen) atoms. The average molecular weight is 453 g/mol. The van der Waals surface area contributed by atoms with E-state index in [0.717, 1.165) is 16.9 Å². The molecule has 2 aromatic carbocycles. The van der Waals surface area contributed by atoms with Crippen LogP contribution in [0.1, 0.15) is 32.3 Å². The van der Waals surface area contributed by atoms with Gasteiger partial charge in [-0.25, -0.2) is 0 Å². The van der Waals surface area contributed by atoms with E-state index in [1.807, 2.05) is 38.1 Å². The normalized spacial score (nSPS) is 11.7. The largest absolute Gasteiger partial charge is 0.354 e. The Morgan fingerprint density at radius 1 is 1.00 bits per heavy atom. The number of nitrogens with zero attached hydrogens (tertiary/aromatic N) is 1. The fraction of sp³-hybridized carbons (Fsp3) is 0.364. The van der Waals surface area contributed by atoms with Gasteiger partial charge >= 0.3 is 0 Å². The van der Waals surface area contributed by atoms with Crippen LogP contribution in [0.25, 0.3) is 0 Å². The Hall–Kier alpha value is -1.69. The number of hydrogen-bond acceptors (Lipinski definition) is 3. The second-order valence-electron chi connectivity index (χ2n) is 6.61. The molecule has 1 atom stereocenters. The maximum atomic E-state index is 13.1. The molecule has 0 spiro atoms. The zero-order chi connectivity index (χ0) is 21.2. The van der Waals surface area contributed by atoms with E-state index in [4.69, 9.17) is 23.2 Å². The molecule has 2 rings (SSSR count). The van der Waals surface area contributed by atoms with Crippen LogP contribution in [-0.4, -0.2) is 35.1 Å². The predicted molar refractivity (Wildman–Crippen MR) is 122 cm³/mol. The minimum atomic E-state index is -0.518. The summed E-state index contributed by atoms with van der Waals surface area (Å²) in [4.78, 5) is 28.4. The third kappa shape index (κ3) is 7.57. The van der Waals surface area contributed by atoms with Gasteiger partial charge in [0.1, 0.15) is 6.04 Å². The Labute approximate surface area is 187 Å². The van der Waals surface area contributed by atoms with E-state index in [0.29, 0.717) is 29.6 Å². The van der Waals surface area contributed by atoms with Crippen molar-refractivity contribution in [1.29, 1.82) is 0 Å². The summed E-state index contributed by atoms with van der Waals surface area (Å²) in [5.74, 6) is 0.0406. The summed E-state index contributed by atoms with van der Waals surface area (Å²) in [7, 11) is 0. The number of hydrogen-bond donors (Lipinski definition) is 1. The number of amides is 2. The fourth-order valence-electron chi connectivity index (χ4n) is 2.83. The number of carbonyl (C=O) groups excluding carboxylic acids is 2. The molecule has 0 aromatic heterocycles. The molecule has 2 aromatic rings. The zero-order valence-corrected chi connectivity index (χ0v) is 19.0. The van der Waals surface area contributed by atoms with Crippen molar-refractivity contribution >= 4 is 46.8 Å². The van der Waals surface area contributed by atoms with Gasteiger partial charge in [0.2, 0.25) is 11.8 Å². The topological polar surface area (TPSA) is 49.4 Å². The first-order valence-corrected chi connectivity index (χ1v) is 11.4. The van der Waals surface area contributed by atoms with Crippen molar-refractivity contribution in [3.63, 3.8) is 0 Å². The number of benzene rings is 2. The molecule has 156 valence electrons. The SMILES string of the molecule is CCCNC(=O)C(CC)N(Cc1ccc(Cl)cc1)C(=O)CSc1ccc(Cl)cc1. The maximum Gasteiger partial charge on any atom is 0.242 e. The number of nitrogens with one attached hydrogen (secondary N) is 1. The monoisotopic (exact) mass is 452 g/mol. The van der Waals surface area contributed by atoms with E-state index in [1.165, 1.54) is 11.8 Å². The van der Waals surface area contributed by atoms with Crippen molar-refractivity contribution in [1.82, 2.24) is 10.2 Å². The van der Waals surface area contributed by atoms with Gasteiger partial charge in [0, 0.05) is 28.0 Å².